The Morgan fingerprint density at radius 3 is 1.39 bits per heavy atom. The van der Waals surface area contributed by atoms with Crippen molar-refractivity contribution in [3.05, 3.63) is 0 Å². The fourth-order valence-corrected chi connectivity index (χ4v) is 7.50. The zero-order valence-corrected chi connectivity index (χ0v) is 31.6. The summed E-state index contributed by atoms with van der Waals surface area (Å²) in [7, 11) is -22.9. The van der Waals surface area contributed by atoms with Gasteiger partial charge in [0, 0.05) is 12.8 Å². The fourth-order valence-electron chi connectivity index (χ4n) is 4.84. The van der Waals surface area contributed by atoms with E-state index in [0.29, 0.717) is 19.3 Å². The third-order valence-electron chi connectivity index (χ3n) is 7.15. The van der Waals surface area contributed by atoms with E-state index in [-0.39, 0.29) is 12.8 Å². The predicted octanol–water partition coefficient (Wildman–Crippen LogP) is 1.83. The Hall–Kier alpha value is -0.700. The SMILES string of the molecule is CCCCCCCC(=O)OC[C@H](COP(=O)(O)OC1C(O)C(OP(=O)(O)O)C(OP(=O)(O)O)[C@@H](OP(=O)(O)O)C1O)OC(=O)CCCCCCC. The van der Waals surface area contributed by atoms with E-state index >= 15 is 0 Å². The second-order valence-corrected chi connectivity index (χ2v) is 16.6. The lowest BCUT2D eigenvalue weighted by molar-refractivity contribution is -0.209. The zero-order chi connectivity index (χ0) is 39.0. The topological polar surface area (TPSA) is 349 Å². The Morgan fingerprint density at radius 2 is 0.961 bits per heavy atom. The van der Waals surface area contributed by atoms with E-state index in [4.69, 9.17) is 18.5 Å². The number of aliphatic hydroxyl groups is 2. The van der Waals surface area contributed by atoms with Crippen molar-refractivity contribution in [1.29, 1.82) is 0 Å². The predicted molar refractivity (Wildman–Crippen MR) is 171 cm³/mol. The molecular formula is C25H50O22P4. The second-order valence-electron chi connectivity index (χ2n) is 11.6. The van der Waals surface area contributed by atoms with Crippen molar-refractivity contribution in [2.24, 2.45) is 0 Å². The molecule has 26 heteroatoms. The number of aliphatic hydroxyl groups excluding tert-OH is 2. The van der Waals surface area contributed by atoms with Crippen LogP contribution >= 0.6 is 31.3 Å². The summed E-state index contributed by atoms with van der Waals surface area (Å²) in [4.78, 5) is 91.0. The number of carbonyl (C=O) groups excluding carboxylic acids is 2. The molecule has 0 aromatic carbocycles. The Balaban J connectivity index is 3.19. The molecule has 9 N–H and O–H groups in total. The van der Waals surface area contributed by atoms with Crippen molar-refractivity contribution in [3.63, 3.8) is 0 Å². The molecule has 302 valence electrons. The minimum atomic E-state index is -5.76. The summed E-state index contributed by atoms with van der Waals surface area (Å²) in [5, 5.41) is 21.5. The lowest BCUT2D eigenvalue weighted by Gasteiger charge is -2.45. The highest BCUT2D eigenvalue weighted by atomic mass is 31.2. The Bertz CT molecular complexity index is 1210. The quantitative estimate of drug-likeness (QED) is 0.0341. The summed E-state index contributed by atoms with van der Waals surface area (Å²) in [5.74, 6) is -1.43. The van der Waals surface area contributed by atoms with Gasteiger partial charge in [-0.2, -0.15) is 0 Å². The maximum Gasteiger partial charge on any atom is 0.472 e. The van der Waals surface area contributed by atoms with Crippen LogP contribution in [0.4, 0.5) is 0 Å². The Morgan fingerprint density at radius 1 is 0.549 bits per heavy atom. The second kappa shape index (κ2) is 22.6. The largest absolute Gasteiger partial charge is 0.472 e. The molecule has 1 saturated carbocycles. The zero-order valence-electron chi connectivity index (χ0n) is 28.1. The molecule has 1 rings (SSSR count). The van der Waals surface area contributed by atoms with Crippen LogP contribution in [-0.4, -0.2) is 112 Å². The van der Waals surface area contributed by atoms with E-state index in [2.05, 4.69) is 13.6 Å². The first-order valence-electron chi connectivity index (χ1n) is 16.1. The van der Waals surface area contributed by atoms with Crippen LogP contribution < -0.4 is 0 Å². The first-order chi connectivity index (χ1) is 23.5. The normalized spacial score (nSPS) is 24.8. The summed E-state index contributed by atoms with van der Waals surface area (Å²) in [5.41, 5.74) is 0. The molecule has 22 nitrogen and oxygen atoms in total. The van der Waals surface area contributed by atoms with Crippen LogP contribution in [0.3, 0.4) is 0 Å². The highest BCUT2D eigenvalue weighted by molar-refractivity contribution is 7.47. The van der Waals surface area contributed by atoms with E-state index in [1.807, 2.05) is 13.8 Å². The third-order valence-corrected chi connectivity index (χ3v) is 9.69. The molecule has 0 aromatic rings. The number of phosphoric ester groups is 4. The standard InChI is InChI=1S/C25H50O22P4/c1-3-5-7-9-11-13-18(26)41-15-17(43-19(27)14-12-10-8-6-4-2)16-42-51(39,40)47-22-20(28)23(44-48(30,31)32)25(46-50(36,37)38)24(21(22)29)45-49(33,34)35/h17,20-25,28-29H,3-16H2,1-2H3,(H,39,40)(H2,30,31,32)(H2,33,34,35)(H2,36,37,38)/t17-,20?,21?,22?,23+,24?,25?/m1/s1. The molecule has 1 aliphatic rings. The highest BCUT2D eigenvalue weighted by Crippen LogP contribution is 2.53. The summed E-state index contributed by atoms with van der Waals surface area (Å²) in [6.07, 6.45) is -9.83. The van der Waals surface area contributed by atoms with Gasteiger partial charge in [-0.05, 0) is 12.8 Å². The first kappa shape index (κ1) is 48.3. The number of unbranched alkanes of at least 4 members (excludes halogenated alkanes) is 8. The molecule has 0 saturated heterocycles. The molecule has 0 bridgehead atoms. The molecule has 0 aliphatic heterocycles. The van der Waals surface area contributed by atoms with Crippen LogP contribution in [0.15, 0.2) is 0 Å². The van der Waals surface area contributed by atoms with Gasteiger partial charge < -0.3 is 53.9 Å². The maximum atomic E-state index is 13.0. The van der Waals surface area contributed by atoms with E-state index in [1.54, 1.807) is 0 Å². The molecule has 6 unspecified atom stereocenters. The minimum absolute atomic E-state index is 0.0319. The van der Waals surface area contributed by atoms with Gasteiger partial charge in [0.05, 0.1) is 6.61 Å². The number of hydrogen-bond acceptors (Lipinski definition) is 15. The van der Waals surface area contributed by atoms with Crippen LogP contribution in [-0.2, 0) is 59.9 Å². The molecule has 0 heterocycles. The van der Waals surface area contributed by atoms with Gasteiger partial charge in [0.2, 0.25) is 0 Å². The summed E-state index contributed by atoms with van der Waals surface area (Å²) < 4.78 is 80.7. The van der Waals surface area contributed by atoms with Gasteiger partial charge in [-0.1, -0.05) is 65.2 Å². The van der Waals surface area contributed by atoms with Crippen molar-refractivity contribution < 1.29 is 104 Å². The van der Waals surface area contributed by atoms with E-state index in [0.717, 1.165) is 44.9 Å². The molecule has 0 amide bonds. The molecule has 0 spiro atoms. The molecule has 8 atom stereocenters. The van der Waals surface area contributed by atoms with E-state index < -0.39 is 99.2 Å². The minimum Gasteiger partial charge on any atom is -0.462 e. The van der Waals surface area contributed by atoms with Gasteiger partial charge in [-0.3, -0.25) is 32.2 Å². The summed E-state index contributed by atoms with van der Waals surface area (Å²) in [6, 6.07) is 0. The van der Waals surface area contributed by atoms with Crippen molar-refractivity contribution in [2.75, 3.05) is 13.2 Å². The van der Waals surface area contributed by atoms with Crippen molar-refractivity contribution in [1.82, 2.24) is 0 Å². The molecule has 51 heavy (non-hydrogen) atoms. The smallest absolute Gasteiger partial charge is 0.462 e. The van der Waals surface area contributed by atoms with Gasteiger partial charge in [-0.25, -0.2) is 18.3 Å². The molecule has 1 aliphatic carbocycles. The van der Waals surface area contributed by atoms with Crippen LogP contribution in [0, 0.1) is 0 Å². The van der Waals surface area contributed by atoms with Gasteiger partial charge in [-0.15, -0.1) is 0 Å². The summed E-state index contributed by atoms with van der Waals surface area (Å²) >= 11 is 0. The van der Waals surface area contributed by atoms with E-state index in [1.165, 1.54) is 0 Å². The van der Waals surface area contributed by atoms with Gasteiger partial charge in [0.1, 0.15) is 43.2 Å². The Labute approximate surface area is 294 Å². The number of esters is 2. The number of hydrogen-bond donors (Lipinski definition) is 9. The van der Waals surface area contributed by atoms with Gasteiger partial charge >= 0.3 is 43.2 Å². The average molecular weight is 827 g/mol. The number of carbonyl (C=O) groups is 2. The third kappa shape index (κ3) is 21.1. The van der Waals surface area contributed by atoms with Crippen molar-refractivity contribution in [3.8, 4) is 0 Å². The maximum absolute atomic E-state index is 13.0. The molecule has 0 radical (unpaired) electrons. The molecular weight excluding hydrogens is 776 g/mol. The number of ether oxygens (including phenoxy) is 2. The van der Waals surface area contributed by atoms with Crippen LogP contribution in [0.1, 0.15) is 90.9 Å². The van der Waals surface area contributed by atoms with Crippen molar-refractivity contribution in [2.45, 2.75) is 134 Å². The average Bonchev–Trinajstić information content (AvgIpc) is 2.99. The van der Waals surface area contributed by atoms with E-state index in [9.17, 15) is 72.3 Å². The van der Waals surface area contributed by atoms with Gasteiger partial charge in [0.15, 0.2) is 6.10 Å². The summed E-state index contributed by atoms with van der Waals surface area (Å²) in [6.45, 7) is 2.38. The number of rotatable bonds is 26. The highest BCUT2D eigenvalue weighted by Gasteiger charge is 2.59. The lowest BCUT2D eigenvalue weighted by atomic mass is 9.85. The fraction of sp³-hybridized carbons (Fsp3) is 0.920. The molecule has 1 fully saturated rings. The monoisotopic (exact) mass is 826 g/mol. The van der Waals surface area contributed by atoms with Crippen LogP contribution in [0.5, 0.6) is 0 Å². The van der Waals surface area contributed by atoms with Crippen LogP contribution in [0.2, 0.25) is 0 Å². The number of phosphoric acid groups is 4. The van der Waals surface area contributed by atoms with Crippen LogP contribution in [0.25, 0.3) is 0 Å². The molecule has 0 aromatic heterocycles. The lowest BCUT2D eigenvalue weighted by Crippen LogP contribution is -2.65. The van der Waals surface area contributed by atoms with Gasteiger partial charge in [0.25, 0.3) is 0 Å². The first-order valence-corrected chi connectivity index (χ1v) is 22.2. The Kier molecular flexibility index (Phi) is 21.4. The van der Waals surface area contributed by atoms with Crippen molar-refractivity contribution >= 4 is 43.2 Å².